The molecule has 0 fully saturated rings. The maximum atomic E-state index is 11.8. The van der Waals surface area contributed by atoms with Gasteiger partial charge in [0.2, 0.25) is 5.89 Å². The zero-order valence-corrected chi connectivity index (χ0v) is 10.4. The molecule has 0 aliphatic carbocycles. The summed E-state index contributed by atoms with van der Waals surface area (Å²) in [6.07, 6.45) is 2.32. The predicted molar refractivity (Wildman–Crippen MR) is 66.8 cm³/mol. The van der Waals surface area contributed by atoms with Crippen LogP contribution in [0, 0.1) is 0 Å². The van der Waals surface area contributed by atoms with Gasteiger partial charge in [-0.25, -0.2) is 4.98 Å². The molecular weight excluding hydrogens is 248 g/mol. The Balaban J connectivity index is 2.05. The highest BCUT2D eigenvalue weighted by molar-refractivity contribution is 5.99. The molecule has 0 atom stereocenters. The van der Waals surface area contributed by atoms with Crippen molar-refractivity contribution in [2.75, 3.05) is 0 Å². The molecule has 0 bridgehead atoms. The average Bonchev–Trinajstić information content (AvgIpc) is 2.84. The molecule has 0 unspecified atom stereocenters. The topological polar surface area (TPSA) is 95.6 Å². The van der Waals surface area contributed by atoms with Crippen LogP contribution in [0.4, 0.5) is 0 Å². The van der Waals surface area contributed by atoms with Crippen molar-refractivity contribution in [3.63, 3.8) is 0 Å². The summed E-state index contributed by atoms with van der Waals surface area (Å²) in [5.41, 5.74) is -0.162. The molecule has 0 radical (unpaired) electrons. The Kier molecular flexibility index (Phi) is 3.70. The van der Waals surface area contributed by atoms with Gasteiger partial charge in [0.1, 0.15) is 22.8 Å². The Bertz CT molecular complexity index is 572. The van der Waals surface area contributed by atoms with Crippen LogP contribution in [0.1, 0.15) is 28.9 Å². The van der Waals surface area contributed by atoms with Crippen LogP contribution in [0.2, 0.25) is 0 Å². The molecule has 6 heteroatoms. The number of oxazole rings is 1. The first kappa shape index (κ1) is 12.9. The molecule has 1 amide bonds. The van der Waals surface area contributed by atoms with Crippen molar-refractivity contribution in [3.05, 3.63) is 41.6 Å². The largest absolute Gasteiger partial charge is 0.507 e. The highest BCUT2D eigenvalue weighted by Gasteiger charge is 2.16. The SMILES string of the molecule is CCc1cnc(CNC(=O)c2c(O)cccc2O)o1. The summed E-state index contributed by atoms with van der Waals surface area (Å²) in [5, 5.41) is 21.6. The van der Waals surface area contributed by atoms with Gasteiger partial charge in [0.15, 0.2) is 0 Å². The number of carbonyl (C=O) groups excluding carboxylic acids is 1. The molecule has 1 aromatic carbocycles. The van der Waals surface area contributed by atoms with Crippen molar-refractivity contribution in [2.24, 2.45) is 0 Å². The number of amides is 1. The number of aryl methyl sites for hydroxylation is 1. The monoisotopic (exact) mass is 262 g/mol. The fourth-order valence-electron chi connectivity index (χ4n) is 1.60. The lowest BCUT2D eigenvalue weighted by Crippen LogP contribution is -2.23. The van der Waals surface area contributed by atoms with Crippen LogP contribution in [0.15, 0.2) is 28.8 Å². The molecule has 2 aromatic rings. The minimum Gasteiger partial charge on any atom is -0.507 e. The summed E-state index contributed by atoms with van der Waals surface area (Å²) in [5.74, 6) is -0.0417. The maximum Gasteiger partial charge on any atom is 0.259 e. The van der Waals surface area contributed by atoms with Crippen LogP contribution < -0.4 is 5.32 Å². The number of benzene rings is 1. The molecule has 0 saturated carbocycles. The quantitative estimate of drug-likeness (QED) is 0.777. The van der Waals surface area contributed by atoms with Crippen molar-refractivity contribution in [3.8, 4) is 11.5 Å². The lowest BCUT2D eigenvalue weighted by molar-refractivity contribution is 0.0941. The number of aromatic hydroxyl groups is 2. The number of aromatic nitrogens is 1. The van der Waals surface area contributed by atoms with Gasteiger partial charge in [0.25, 0.3) is 5.91 Å². The summed E-state index contributed by atoms with van der Waals surface area (Å²) in [6.45, 7) is 2.02. The standard InChI is InChI=1S/C13H14N2O4/c1-2-8-6-14-11(19-8)7-15-13(18)12-9(16)4-3-5-10(12)17/h3-6,16-17H,2,7H2,1H3,(H,15,18). The third-order valence-electron chi connectivity index (χ3n) is 2.60. The lowest BCUT2D eigenvalue weighted by atomic mass is 10.1. The van der Waals surface area contributed by atoms with Crippen molar-refractivity contribution in [1.29, 1.82) is 0 Å². The third kappa shape index (κ3) is 2.85. The normalized spacial score (nSPS) is 10.4. The number of hydrogen-bond acceptors (Lipinski definition) is 5. The first-order valence-corrected chi connectivity index (χ1v) is 5.84. The van der Waals surface area contributed by atoms with E-state index in [0.717, 1.165) is 12.2 Å². The van der Waals surface area contributed by atoms with Crippen molar-refractivity contribution < 1.29 is 19.4 Å². The Morgan fingerprint density at radius 3 is 2.63 bits per heavy atom. The minimum absolute atomic E-state index is 0.0899. The molecule has 1 heterocycles. The van der Waals surface area contributed by atoms with Gasteiger partial charge in [-0.15, -0.1) is 0 Å². The average molecular weight is 262 g/mol. The van der Waals surface area contributed by atoms with E-state index in [4.69, 9.17) is 4.42 Å². The molecule has 2 rings (SSSR count). The number of nitrogens with one attached hydrogen (secondary N) is 1. The van der Waals surface area contributed by atoms with E-state index in [1.807, 2.05) is 6.92 Å². The Hall–Kier alpha value is -2.50. The van der Waals surface area contributed by atoms with Gasteiger partial charge in [-0.2, -0.15) is 0 Å². The number of nitrogens with zero attached hydrogens (tertiary/aromatic N) is 1. The molecule has 1 aromatic heterocycles. The van der Waals surface area contributed by atoms with Gasteiger partial charge >= 0.3 is 0 Å². The van der Waals surface area contributed by atoms with Crippen molar-refractivity contribution in [1.82, 2.24) is 10.3 Å². The van der Waals surface area contributed by atoms with E-state index in [1.165, 1.54) is 18.2 Å². The van der Waals surface area contributed by atoms with Crippen LogP contribution in [-0.2, 0) is 13.0 Å². The number of phenols is 2. The molecule has 0 aliphatic heterocycles. The zero-order chi connectivity index (χ0) is 13.8. The Morgan fingerprint density at radius 1 is 1.37 bits per heavy atom. The molecular formula is C13H14N2O4. The molecule has 0 spiro atoms. The van der Waals surface area contributed by atoms with Gasteiger partial charge in [-0.3, -0.25) is 4.79 Å². The first-order valence-electron chi connectivity index (χ1n) is 5.84. The van der Waals surface area contributed by atoms with Crippen molar-refractivity contribution >= 4 is 5.91 Å². The van der Waals surface area contributed by atoms with E-state index in [-0.39, 0.29) is 23.6 Å². The van der Waals surface area contributed by atoms with E-state index in [0.29, 0.717) is 5.89 Å². The van der Waals surface area contributed by atoms with Gasteiger partial charge in [-0.05, 0) is 12.1 Å². The van der Waals surface area contributed by atoms with Crippen molar-refractivity contribution in [2.45, 2.75) is 19.9 Å². The second-order valence-corrected chi connectivity index (χ2v) is 3.93. The van der Waals surface area contributed by atoms with Crippen LogP contribution >= 0.6 is 0 Å². The van der Waals surface area contributed by atoms with Gasteiger partial charge in [0, 0.05) is 6.42 Å². The predicted octanol–water partition coefficient (Wildman–Crippen LogP) is 1.58. The van der Waals surface area contributed by atoms with Crippen LogP contribution in [-0.4, -0.2) is 21.1 Å². The highest BCUT2D eigenvalue weighted by Crippen LogP contribution is 2.25. The summed E-state index contributed by atoms with van der Waals surface area (Å²) in [4.78, 5) is 15.8. The summed E-state index contributed by atoms with van der Waals surface area (Å²) < 4.78 is 5.33. The third-order valence-corrected chi connectivity index (χ3v) is 2.60. The molecule has 100 valence electrons. The van der Waals surface area contributed by atoms with E-state index in [1.54, 1.807) is 6.20 Å². The van der Waals surface area contributed by atoms with Crippen LogP contribution in [0.3, 0.4) is 0 Å². The molecule has 6 nitrogen and oxygen atoms in total. The second kappa shape index (κ2) is 5.43. The van der Waals surface area contributed by atoms with E-state index >= 15 is 0 Å². The summed E-state index contributed by atoms with van der Waals surface area (Å²) in [6, 6.07) is 4.10. The fourth-order valence-corrected chi connectivity index (χ4v) is 1.60. The smallest absolute Gasteiger partial charge is 0.259 e. The van der Waals surface area contributed by atoms with Crippen LogP contribution in [0.25, 0.3) is 0 Å². The highest BCUT2D eigenvalue weighted by atomic mass is 16.4. The molecule has 0 saturated heterocycles. The number of rotatable bonds is 4. The van der Waals surface area contributed by atoms with E-state index in [9.17, 15) is 15.0 Å². The molecule has 19 heavy (non-hydrogen) atoms. The molecule has 0 aliphatic rings. The number of carbonyl (C=O) groups is 1. The van der Waals surface area contributed by atoms with Gasteiger partial charge < -0.3 is 19.9 Å². The molecule has 3 N–H and O–H groups in total. The fraction of sp³-hybridized carbons (Fsp3) is 0.231. The second-order valence-electron chi connectivity index (χ2n) is 3.93. The van der Waals surface area contributed by atoms with Gasteiger partial charge in [0.05, 0.1) is 12.7 Å². The minimum atomic E-state index is -0.591. The lowest BCUT2D eigenvalue weighted by Gasteiger charge is -2.06. The zero-order valence-electron chi connectivity index (χ0n) is 10.4. The Morgan fingerprint density at radius 2 is 2.05 bits per heavy atom. The Labute approximate surface area is 109 Å². The van der Waals surface area contributed by atoms with Gasteiger partial charge in [-0.1, -0.05) is 13.0 Å². The first-order chi connectivity index (χ1) is 9.11. The summed E-state index contributed by atoms with van der Waals surface area (Å²) >= 11 is 0. The van der Waals surface area contributed by atoms with E-state index < -0.39 is 5.91 Å². The number of hydrogen-bond donors (Lipinski definition) is 3. The number of phenolic OH excluding ortho intramolecular Hbond substituents is 2. The van der Waals surface area contributed by atoms with Crippen LogP contribution in [0.5, 0.6) is 11.5 Å². The maximum absolute atomic E-state index is 11.8. The summed E-state index contributed by atoms with van der Waals surface area (Å²) in [7, 11) is 0. The van der Waals surface area contributed by atoms with E-state index in [2.05, 4.69) is 10.3 Å².